The van der Waals surface area contributed by atoms with Crippen LogP contribution in [0.4, 0.5) is 0 Å². The maximum Gasteiger partial charge on any atom is 0.227 e. The molecule has 1 fully saturated rings. The molecule has 1 saturated heterocycles. The first-order chi connectivity index (χ1) is 13.1. The number of nitrogens with zero attached hydrogens (tertiary/aromatic N) is 3. The van der Waals surface area contributed by atoms with Crippen molar-refractivity contribution in [2.75, 3.05) is 13.2 Å². The fourth-order valence-electron chi connectivity index (χ4n) is 3.51. The van der Waals surface area contributed by atoms with Crippen molar-refractivity contribution in [2.45, 2.75) is 58.0 Å². The van der Waals surface area contributed by atoms with E-state index in [-0.39, 0.29) is 18.0 Å². The fourth-order valence-corrected chi connectivity index (χ4v) is 3.51. The summed E-state index contributed by atoms with van der Waals surface area (Å²) in [6, 6.07) is 7.67. The normalized spacial score (nSPS) is 18.3. The van der Waals surface area contributed by atoms with Gasteiger partial charge in [-0.05, 0) is 57.4 Å². The summed E-state index contributed by atoms with van der Waals surface area (Å²) in [4.78, 5) is 19.0. The number of ether oxygens (including phenoxy) is 1. The maximum atomic E-state index is 12.6. The molecule has 1 aromatic carbocycles. The molecular formula is C20H28N4O3. The standard InChI is InChI=1S/C20H28N4O3/c1-3-26-16-9-7-15(8-10-16)20-22-18(27-23-20)11-12-19(25)24-13-5-4-6-17(24)14(2)21/h7-10,14,17H,3-6,11-13,21H2,1-2H3. The van der Waals surface area contributed by atoms with E-state index in [1.165, 1.54) is 0 Å². The van der Waals surface area contributed by atoms with Crippen LogP contribution >= 0.6 is 0 Å². The zero-order chi connectivity index (χ0) is 19.2. The monoisotopic (exact) mass is 372 g/mol. The van der Waals surface area contributed by atoms with Gasteiger partial charge in [0.2, 0.25) is 17.6 Å². The first kappa shape index (κ1) is 19.4. The van der Waals surface area contributed by atoms with Gasteiger partial charge in [0.25, 0.3) is 0 Å². The van der Waals surface area contributed by atoms with Gasteiger partial charge in [-0.25, -0.2) is 0 Å². The predicted octanol–water partition coefficient (Wildman–Crippen LogP) is 2.80. The van der Waals surface area contributed by atoms with Crippen LogP contribution in [0.25, 0.3) is 11.4 Å². The number of benzene rings is 1. The van der Waals surface area contributed by atoms with Crippen LogP contribution in [-0.4, -0.2) is 46.2 Å². The third kappa shape index (κ3) is 4.86. The molecule has 0 spiro atoms. The minimum Gasteiger partial charge on any atom is -0.494 e. The van der Waals surface area contributed by atoms with Gasteiger partial charge in [-0.1, -0.05) is 5.16 Å². The number of aromatic nitrogens is 2. The summed E-state index contributed by atoms with van der Waals surface area (Å²) >= 11 is 0. The second kappa shape index (κ2) is 8.99. The fraction of sp³-hybridized carbons (Fsp3) is 0.550. The Morgan fingerprint density at radius 2 is 2.15 bits per heavy atom. The molecule has 2 unspecified atom stereocenters. The molecule has 0 saturated carbocycles. The Balaban J connectivity index is 1.58. The highest BCUT2D eigenvalue weighted by Gasteiger charge is 2.29. The zero-order valence-electron chi connectivity index (χ0n) is 16.1. The first-order valence-electron chi connectivity index (χ1n) is 9.69. The van der Waals surface area contributed by atoms with Gasteiger partial charge in [-0.15, -0.1) is 0 Å². The van der Waals surface area contributed by atoms with Gasteiger partial charge in [0.1, 0.15) is 5.75 Å². The van der Waals surface area contributed by atoms with Crippen LogP contribution in [-0.2, 0) is 11.2 Å². The number of rotatable bonds is 7. The van der Waals surface area contributed by atoms with E-state index in [0.29, 0.717) is 31.2 Å². The van der Waals surface area contributed by atoms with E-state index in [1.807, 2.05) is 43.0 Å². The van der Waals surface area contributed by atoms with E-state index in [0.717, 1.165) is 37.1 Å². The van der Waals surface area contributed by atoms with Gasteiger partial charge >= 0.3 is 0 Å². The molecule has 3 rings (SSSR count). The number of carbonyl (C=O) groups is 1. The summed E-state index contributed by atoms with van der Waals surface area (Å²) in [5, 5.41) is 4.02. The molecule has 7 heteroatoms. The number of hydrogen-bond acceptors (Lipinski definition) is 6. The SMILES string of the molecule is CCOc1ccc(-c2noc(CCC(=O)N3CCCCC3C(C)N)n2)cc1. The number of likely N-dealkylation sites (tertiary alicyclic amines) is 1. The van der Waals surface area contributed by atoms with Gasteiger partial charge in [0.15, 0.2) is 0 Å². The molecule has 1 aliphatic heterocycles. The number of piperidine rings is 1. The topological polar surface area (TPSA) is 94.5 Å². The van der Waals surface area contributed by atoms with Crippen LogP contribution in [0.3, 0.4) is 0 Å². The van der Waals surface area contributed by atoms with Gasteiger partial charge in [-0.2, -0.15) is 4.98 Å². The van der Waals surface area contributed by atoms with Crippen LogP contribution in [0.15, 0.2) is 28.8 Å². The minimum absolute atomic E-state index is 0.0103. The summed E-state index contributed by atoms with van der Waals surface area (Å²) in [6.45, 7) is 5.32. The Labute approximate surface area is 159 Å². The lowest BCUT2D eigenvalue weighted by Gasteiger charge is -2.38. The number of nitrogens with two attached hydrogens (primary N) is 1. The molecule has 2 aromatic rings. The molecule has 2 N–H and O–H groups in total. The molecule has 2 heterocycles. The van der Waals surface area contributed by atoms with Crippen molar-refractivity contribution in [3.63, 3.8) is 0 Å². The van der Waals surface area contributed by atoms with E-state index in [2.05, 4.69) is 10.1 Å². The summed E-state index contributed by atoms with van der Waals surface area (Å²) in [6.07, 6.45) is 3.94. The molecular weight excluding hydrogens is 344 g/mol. The second-order valence-corrected chi connectivity index (χ2v) is 6.98. The Morgan fingerprint density at radius 3 is 2.85 bits per heavy atom. The highest BCUT2D eigenvalue weighted by atomic mass is 16.5. The Hall–Kier alpha value is -2.41. The second-order valence-electron chi connectivity index (χ2n) is 6.98. The number of amides is 1. The van der Waals surface area contributed by atoms with E-state index >= 15 is 0 Å². The van der Waals surface area contributed by atoms with Gasteiger partial charge in [-0.3, -0.25) is 4.79 Å². The summed E-state index contributed by atoms with van der Waals surface area (Å²) in [7, 11) is 0. The van der Waals surface area contributed by atoms with E-state index in [1.54, 1.807) is 0 Å². The lowest BCUT2D eigenvalue weighted by Crippen LogP contribution is -2.51. The lowest BCUT2D eigenvalue weighted by atomic mass is 9.96. The molecule has 0 bridgehead atoms. The molecule has 2 atom stereocenters. The molecule has 0 radical (unpaired) electrons. The van der Waals surface area contributed by atoms with Crippen LogP contribution in [0.2, 0.25) is 0 Å². The molecule has 146 valence electrons. The predicted molar refractivity (Wildman–Crippen MR) is 102 cm³/mol. The lowest BCUT2D eigenvalue weighted by molar-refractivity contribution is -0.135. The van der Waals surface area contributed by atoms with Crippen molar-refractivity contribution in [1.29, 1.82) is 0 Å². The van der Waals surface area contributed by atoms with Crippen LogP contribution in [0, 0.1) is 0 Å². The highest BCUT2D eigenvalue weighted by molar-refractivity contribution is 5.77. The first-order valence-corrected chi connectivity index (χ1v) is 9.69. The van der Waals surface area contributed by atoms with E-state index < -0.39 is 0 Å². The number of aryl methyl sites for hydroxylation is 1. The van der Waals surface area contributed by atoms with Gasteiger partial charge in [0.05, 0.1) is 6.61 Å². The average molecular weight is 372 g/mol. The van der Waals surface area contributed by atoms with Crippen LogP contribution < -0.4 is 10.5 Å². The Bertz CT molecular complexity index is 742. The van der Waals surface area contributed by atoms with E-state index in [9.17, 15) is 4.79 Å². The molecule has 1 aliphatic rings. The van der Waals surface area contributed by atoms with Crippen molar-refractivity contribution in [3.05, 3.63) is 30.2 Å². The summed E-state index contributed by atoms with van der Waals surface area (Å²) in [5.74, 6) is 1.91. The molecule has 27 heavy (non-hydrogen) atoms. The zero-order valence-corrected chi connectivity index (χ0v) is 16.1. The Kier molecular flexibility index (Phi) is 6.45. The summed E-state index contributed by atoms with van der Waals surface area (Å²) in [5.41, 5.74) is 6.91. The van der Waals surface area contributed by atoms with E-state index in [4.69, 9.17) is 15.0 Å². The number of hydrogen-bond donors (Lipinski definition) is 1. The molecule has 0 aliphatic carbocycles. The van der Waals surface area contributed by atoms with Crippen LogP contribution in [0.5, 0.6) is 5.75 Å². The van der Waals surface area contributed by atoms with Crippen LogP contribution in [0.1, 0.15) is 45.4 Å². The van der Waals surface area contributed by atoms with Crippen molar-refractivity contribution in [3.8, 4) is 17.1 Å². The van der Waals surface area contributed by atoms with Crippen molar-refractivity contribution >= 4 is 5.91 Å². The quantitative estimate of drug-likeness (QED) is 0.803. The molecule has 1 amide bonds. The highest BCUT2D eigenvalue weighted by Crippen LogP contribution is 2.22. The van der Waals surface area contributed by atoms with Crippen molar-refractivity contribution < 1.29 is 14.1 Å². The largest absolute Gasteiger partial charge is 0.494 e. The smallest absolute Gasteiger partial charge is 0.227 e. The van der Waals surface area contributed by atoms with Gasteiger partial charge < -0.3 is 19.9 Å². The average Bonchev–Trinajstić information content (AvgIpc) is 3.16. The molecule has 7 nitrogen and oxygen atoms in total. The Morgan fingerprint density at radius 1 is 1.37 bits per heavy atom. The third-order valence-electron chi connectivity index (χ3n) is 4.92. The summed E-state index contributed by atoms with van der Waals surface area (Å²) < 4.78 is 10.8. The molecule has 1 aromatic heterocycles. The van der Waals surface area contributed by atoms with Crippen molar-refractivity contribution in [1.82, 2.24) is 15.0 Å². The van der Waals surface area contributed by atoms with Crippen molar-refractivity contribution in [2.24, 2.45) is 5.73 Å². The maximum absolute atomic E-state index is 12.6. The number of carbonyl (C=O) groups excluding carboxylic acids is 1. The minimum atomic E-state index is -0.0103. The third-order valence-corrected chi connectivity index (χ3v) is 4.92. The van der Waals surface area contributed by atoms with Gasteiger partial charge in [0, 0.05) is 37.0 Å².